The molecule has 128 valence electrons. The lowest BCUT2D eigenvalue weighted by molar-refractivity contribution is 0.878. The number of nitrogens with zero attached hydrogens (tertiary/aromatic N) is 3. The average Bonchev–Trinajstić information content (AvgIpc) is 2.61. The van der Waals surface area contributed by atoms with Crippen molar-refractivity contribution in [2.75, 3.05) is 17.3 Å². The van der Waals surface area contributed by atoms with E-state index in [0.29, 0.717) is 6.54 Å². The van der Waals surface area contributed by atoms with Gasteiger partial charge in [-0.2, -0.15) is 0 Å². The van der Waals surface area contributed by atoms with Crippen molar-refractivity contribution in [3.05, 3.63) is 82.6 Å². The molecule has 0 radical (unpaired) electrons. The molecule has 3 rings (SSSR count). The van der Waals surface area contributed by atoms with Crippen LogP contribution in [0.15, 0.2) is 60.7 Å². The molecule has 1 N–H and O–H groups in total. The Morgan fingerprint density at radius 2 is 1.68 bits per heavy atom. The molecule has 4 nitrogen and oxygen atoms in total. The van der Waals surface area contributed by atoms with Crippen molar-refractivity contribution >= 4 is 23.2 Å². The highest BCUT2D eigenvalue weighted by Gasteiger charge is 2.07. The Morgan fingerprint density at radius 1 is 0.960 bits per heavy atom. The molecule has 0 saturated heterocycles. The highest BCUT2D eigenvalue weighted by molar-refractivity contribution is 6.30. The van der Waals surface area contributed by atoms with Gasteiger partial charge in [0, 0.05) is 31.2 Å². The van der Waals surface area contributed by atoms with Crippen LogP contribution in [-0.4, -0.2) is 17.0 Å². The Kier molecular flexibility index (Phi) is 5.51. The molecule has 0 aliphatic carbocycles. The lowest BCUT2D eigenvalue weighted by Gasteiger charge is -2.19. The average molecular weight is 353 g/mol. The first-order valence-corrected chi connectivity index (χ1v) is 8.57. The molecular weight excluding hydrogens is 332 g/mol. The second-order valence-electron chi connectivity index (χ2n) is 5.98. The minimum absolute atomic E-state index is 0.690. The maximum Gasteiger partial charge on any atom is 0.134 e. The van der Waals surface area contributed by atoms with E-state index in [9.17, 15) is 0 Å². The van der Waals surface area contributed by atoms with Gasteiger partial charge in [-0.05, 0) is 30.2 Å². The van der Waals surface area contributed by atoms with Crippen molar-refractivity contribution < 1.29 is 0 Å². The van der Waals surface area contributed by atoms with Gasteiger partial charge in [0.1, 0.15) is 17.5 Å². The molecule has 0 unspecified atom stereocenters. The van der Waals surface area contributed by atoms with Gasteiger partial charge in [0.2, 0.25) is 0 Å². The van der Waals surface area contributed by atoms with Crippen molar-refractivity contribution in [2.24, 2.45) is 0 Å². The van der Waals surface area contributed by atoms with E-state index < -0.39 is 0 Å². The second-order valence-corrected chi connectivity index (χ2v) is 6.42. The first-order valence-electron chi connectivity index (χ1n) is 8.19. The zero-order valence-electron chi connectivity index (χ0n) is 14.4. The third kappa shape index (κ3) is 4.94. The van der Waals surface area contributed by atoms with E-state index in [1.54, 1.807) is 0 Å². The number of benzene rings is 2. The third-order valence-electron chi connectivity index (χ3n) is 3.86. The standard InChI is InChI=1S/C20H21ClN4/c1-15-23-19(22-13-16-8-10-18(21)11-9-16)12-20(24-15)25(2)14-17-6-4-3-5-7-17/h3-12H,13-14H2,1-2H3,(H,22,23,24). The minimum atomic E-state index is 0.690. The molecule has 1 aromatic heterocycles. The lowest BCUT2D eigenvalue weighted by atomic mass is 10.2. The number of rotatable bonds is 6. The Morgan fingerprint density at radius 3 is 2.40 bits per heavy atom. The number of anilines is 2. The van der Waals surface area contributed by atoms with E-state index in [4.69, 9.17) is 11.6 Å². The first kappa shape index (κ1) is 17.2. The predicted molar refractivity (Wildman–Crippen MR) is 104 cm³/mol. The minimum Gasteiger partial charge on any atom is -0.366 e. The zero-order valence-corrected chi connectivity index (χ0v) is 15.2. The van der Waals surface area contributed by atoms with Crippen molar-refractivity contribution in [1.82, 2.24) is 9.97 Å². The second kappa shape index (κ2) is 7.99. The van der Waals surface area contributed by atoms with Gasteiger partial charge in [-0.3, -0.25) is 0 Å². The molecule has 0 bridgehead atoms. The van der Waals surface area contributed by atoms with Crippen LogP contribution in [0.4, 0.5) is 11.6 Å². The number of hydrogen-bond acceptors (Lipinski definition) is 4. The van der Waals surface area contributed by atoms with Gasteiger partial charge in [0.25, 0.3) is 0 Å². The first-order chi connectivity index (χ1) is 12.1. The van der Waals surface area contributed by atoms with Crippen LogP contribution in [0.25, 0.3) is 0 Å². The van der Waals surface area contributed by atoms with E-state index in [1.165, 1.54) is 5.56 Å². The van der Waals surface area contributed by atoms with Crippen LogP contribution in [-0.2, 0) is 13.1 Å². The fourth-order valence-corrected chi connectivity index (χ4v) is 2.70. The lowest BCUT2D eigenvalue weighted by Crippen LogP contribution is -2.18. The van der Waals surface area contributed by atoms with E-state index in [-0.39, 0.29) is 0 Å². The third-order valence-corrected chi connectivity index (χ3v) is 4.12. The Balaban J connectivity index is 1.70. The summed E-state index contributed by atoms with van der Waals surface area (Å²) < 4.78 is 0. The Labute approximate surface area is 153 Å². The van der Waals surface area contributed by atoms with Gasteiger partial charge < -0.3 is 10.2 Å². The van der Waals surface area contributed by atoms with E-state index >= 15 is 0 Å². The Bertz CT molecular complexity index is 819. The molecule has 0 atom stereocenters. The van der Waals surface area contributed by atoms with Gasteiger partial charge >= 0.3 is 0 Å². The molecular formula is C20H21ClN4. The normalized spacial score (nSPS) is 10.5. The van der Waals surface area contributed by atoms with E-state index in [0.717, 1.165) is 34.6 Å². The number of nitrogens with one attached hydrogen (secondary N) is 1. The summed E-state index contributed by atoms with van der Waals surface area (Å²) in [6.07, 6.45) is 0. The molecule has 0 spiro atoms. The van der Waals surface area contributed by atoms with E-state index in [1.807, 2.05) is 62.5 Å². The highest BCUT2D eigenvalue weighted by Crippen LogP contribution is 2.18. The van der Waals surface area contributed by atoms with Gasteiger partial charge in [0.15, 0.2) is 0 Å². The maximum atomic E-state index is 5.93. The van der Waals surface area contributed by atoms with Crippen molar-refractivity contribution in [1.29, 1.82) is 0 Å². The smallest absolute Gasteiger partial charge is 0.134 e. The predicted octanol–water partition coefficient (Wildman–Crippen LogP) is 4.69. The summed E-state index contributed by atoms with van der Waals surface area (Å²) in [5, 5.41) is 4.10. The highest BCUT2D eigenvalue weighted by atomic mass is 35.5. The number of hydrogen-bond donors (Lipinski definition) is 1. The molecule has 0 amide bonds. The van der Waals surface area contributed by atoms with Crippen molar-refractivity contribution in [2.45, 2.75) is 20.0 Å². The molecule has 25 heavy (non-hydrogen) atoms. The van der Waals surface area contributed by atoms with Crippen LogP contribution in [0.1, 0.15) is 17.0 Å². The fourth-order valence-electron chi connectivity index (χ4n) is 2.57. The van der Waals surface area contributed by atoms with Gasteiger partial charge in [-0.15, -0.1) is 0 Å². The Hall–Kier alpha value is -2.59. The fraction of sp³-hybridized carbons (Fsp3) is 0.200. The van der Waals surface area contributed by atoms with Crippen molar-refractivity contribution in [3.8, 4) is 0 Å². The number of aryl methyl sites for hydroxylation is 1. The molecule has 0 aliphatic rings. The van der Waals surface area contributed by atoms with Crippen LogP contribution in [0.3, 0.4) is 0 Å². The molecule has 0 saturated carbocycles. The van der Waals surface area contributed by atoms with Crippen LogP contribution in [0.2, 0.25) is 5.02 Å². The zero-order chi connectivity index (χ0) is 17.6. The maximum absolute atomic E-state index is 5.93. The summed E-state index contributed by atoms with van der Waals surface area (Å²) in [5.74, 6) is 2.46. The molecule has 5 heteroatoms. The quantitative estimate of drug-likeness (QED) is 0.699. The number of aromatic nitrogens is 2. The van der Waals surface area contributed by atoms with Crippen LogP contribution < -0.4 is 10.2 Å². The molecule has 0 fully saturated rings. The largest absolute Gasteiger partial charge is 0.366 e. The monoisotopic (exact) mass is 352 g/mol. The summed E-state index contributed by atoms with van der Waals surface area (Å²) in [6, 6.07) is 20.1. The molecule has 0 aliphatic heterocycles. The van der Waals surface area contributed by atoms with Crippen LogP contribution in [0.5, 0.6) is 0 Å². The summed E-state index contributed by atoms with van der Waals surface area (Å²) in [4.78, 5) is 11.2. The van der Waals surface area contributed by atoms with Crippen LogP contribution in [0, 0.1) is 6.92 Å². The summed E-state index contributed by atoms with van der Waals surface area (Å²) >= 11 is 5.93. The van der Waals surface area contributed by atoms with Crippen molar-refractivity contribution in [3.63, 3.8) is 0 Å². The molecule has 2 aromatic carbocycles. The van der Waals surface area contributed by atoms with Gasteiger partial charge in [-0.1, -0.05) is 54.1 Å². The summed E-state index contributed by atoms with van der Waals surface area (Å²) in [5.41, 5.74) is 2.40. The summed E-state index contributed by atoms with van der Waals surface area (Å²) in [7, 11) is 2.04. The number of halogens is 1. The van der Waals surface area contributed by atoms with E-state index in [2.05, 4.69) is 32.3 Å². The van der Waals surface area contributed by atoms with Crippen LogP contribution >= 0.6 is 11.6 Å². The van der Waals surface area contributed by atoms with Gasteiger partial charge in [-0.25, -0.2) is 9.97 Å². The van der Waals surface area contributed by atoms with Gasteiger partial charge in [0.05, 0.1) is 0 Å². The summed E-state index contributed by atoms with van der Waals surface area (Å²) in [6.45, 7) is 3.40. The SMILES string of the molecule is Cc1nc(NCc2ccc(Cl)cc2)cc(N(C)Cc2ccccc2)n1. The molecule has 1 heterocycles. The molecule has 3 aromatic rings. The topological polar surface area (TPSA) is 41.1 Å².